The fourth-order valence-corrected chi connectivity index (χ4v) is 4.93. The Balaban J connectivity index is 1.74. The Morgan fingerprint density at radius 1 is 1.12 bits per heavy atom. The van der Waals surface area contributed by atoms with E-state index in [1.165, 1.54) is 4.90 Å². The van der Waals surface area contributed by atoms with Crippen LogP contribution in [0.4, 0.5) is 5.13 Å². The van der Waals surface area contributed by atoms with Crippen molar-refractivity contribution >= 4 is 39.3 Å². The minimum Gasteiger partial charge on any atom is -0.462 e. The monoisotopic (exact) mass is 446 g/mol. The van der Waals surface area contributed by atoms with Crippen LogP contribution in [0.15, 0.2) is 63.8 Å². The highest BCUT2D eigenvalue weighted by Crippen LogP contribution is 2.43. The van der Waals surface area contributed by atoms with Gasteiger partial charge >= 0.3 is 5.97 Å². The summed E-state index contributed by atoms with van der Waals surface area (Å²) in [4.78, 5) is 45.6. The van der Waals surface area contributed by atoms with Gasteiger partial charge < -0.3 is 9.15 Å². The second-order valence-corrected chi connectivity index (χ2v) is 8.27. The topological polar surface area (TPSA) is 89.7 Å². The lowest BCUT2D eigenvalue weighted by molar-refractivity contribution is 0.0531. The van der Waals surface area contributed by atoms with Gasteiger partial charge in [-0.1, -0.05) is 53.8 Å². The molecule has 160 valence electrons. The highest BCUT2D eigenvalue weighted by Gasteiger charge is 2.45. The van der Waals surface area contributed by atoms with E-state index in [-0.39, 0.29) is 23.4 Å². The number of esters is 1. The number of nitrogens with zero attached hydrogens (tertiary/aromatic N) is 2. The van der Waals surface area contributed by atoms with Crippen LogP contribution in [0.25, 0.3) is 11.0 Å². The summed E-state index contributed by atoms with van der Waals surface area (Å²) in [5.41, 5.74) is 1.56. The molecule has 2 aromatic carbocycles. The van der Waals surface area contributed by atoms with Crippen molar-refractivity contribution in [1.29, 1.82) is 0 Å². The Morgan fingerprint density at radius 3 is 2.59 bits per heavy atom. The summed E-state index contributed by atoms with van der Waals surface area (Å²) >= 11 is 1.06. The van der Waals surface area contributed by atoms with E-state index in [0.717, 1.165) is 16.9 Å². The smallest absolute Gasteiger partial charge is 0.350 e. The summed E-state index contributed by atoms with van der Waals surface area (Å²) in [5, 5.41) is 0.712. The number of fused-ring (bicyclic) bond motifs is 2. The molecule has 0 saturated carbocycles. The normalized spacial score (nSPS) is 15.2. The number of ether oxygens (including phenoxy) is 1. The van der Waals surface area contributed by atoms with Crippen LogP contribution in [0, 0.1) is 6.92 Å². The lowest BCUT2D eigenvalue weighted by atomic mass is 9.99. The van der Waals surface area contributed by atoms with Crippen LogP contribution in [0.5, 0.6) is 0 Å². The first kappa shape index (κ1) is 20.1. The summed E-state index contributed by atoms with van der Waals surface area (Å²) < 4.78 is 11.0. The number of rotatable bonds is 4. The van der Waals surface area contributed by atoms with Crippen molar-refractivity contribution in [1.82, 2.24) is 4.98 Å². The highest BCUT2D eigenvalue weighted by molar-refractivity contribution is 7.17. The number of aryl methyl sites for hydroxylation is 1. The molecule has 1 atom stereocenters. The molecule has 8 heteroatoms. The molecular formula is C24H18N2O5S. The molecule has 7 nitrogen and oxygen atoms in total. The predicted molar refractivity (Wildman–Crippen MR) is 120 cm³/mol. The Kier molecular flexibility index (Phi) is 4.86. The Bertz CT molecular complexity index is 1420. The Hall–Kier alpha value is -3.78. The third-order valence-corrected chi connectivity index (χ3v) is 6.48. The molecule has 4 aromatic rings. The number of thiazole rings is 1. The van der Waals surface area contributed by atoms with Crippen LogP contribution < -0.4 is 10.3 Å². The van der Waals surface area contributed by atoms with Crippen molar-refractivity contribution in [3.8, 4) is 0 Å². The molecule has 0 fully saturated rings. The number of hydrogen-bond donors (Lipinski definition) is 0. The number of benzene rings is 2. The van der Waals surface area contributed by atoms with Gasteiger partial charge in [-0.05, 0) is 31.5 Å². The standard InChI is InChI=1S/C24H18N2O5S/c1-3-30-23(29)21-13(2)25-24(32-21)26-18(14-9-5-4-6-10-14)17-19(27)15-11-7-8-12-16(15)31-20(17)22(26)28/h4-12,18H,3H2,1-2H3. The van der Waals surface area contributed by atoms with Gasteiger partial charge in [-0.25, -0.2) is 9.78 Å². The number of carbonyl (C=O) groups is 2. The molecule has 32 heavy (non-hydrogen) atoms. The third-order valence-electron chi connectivity index (χ3n) is 5.35. The van der Waals surface area contributed by atoms with Crippen molar-refractivity contribution in [3.63, 3.8) is 0 Å². The summed E-state index contributed by atoms with van der Waals surface area (Å²) in [6.07, 6.45) is 0. The molecule has 0 saturated heterocycles. The third kappa shape index (κ3) is 3.03. The average Bonchev–Trinajstić information content (AvgIpc) is 3.32. The predicted octanol–water partition coefficient (Wildman–Crippen LogP) is 4.48. The van der Waals surface area contributed by atoms with E-state index < -0.39 is 17.9 Å². The molecule has 1 aliphatic heterocycles. The van der Waals surface area contributed by atoms with E-state index in [1.807, 2.05) is 30.3 Å². The lowest BCUT2D eigenvalue weighted by Gasteiger charge is -2.22. The first-order chi connectivity index (χ1) is 15.5. The lowest BCUT2D eigenvalue weighted by Crippen LogP contribution is -2.29. The van der Waals surface area contributed by atoms with Crippen molar-refractivity contribution in [2.75, 3.05) is 11.5 Å². The number of anilines is 1. The minimum absolute atomic E-state index is 0.00640. The summed E-state index contributed by atoms with van der Waals surface area (Å²) in [6.45, 7) is 3.65. The Labute approximate surface area is 186 Å². The van der Waals surface area contributed by atoms with Gasteiger partial charge in [0.25, 0.3) is 5.91 Å². The van der Waals surface area contributed by atoms with E-state index in [9.17, 15) is 14.4 Å². The molecule has 0 N–H and O–H groups in total. The van der Waals surface area contributed by atoms with Crippen LogP contribution in [-0.4, -0.2) is 23.5 Å². The molecule has 1 amide bonds. The molecule has 0 spiro atoms. The van der Waals surface area contributed by atoms with Crippen LogP contribution in [0.1, 0.15) is 50.0 Å². The molecular weight excluding hydrogens is 428 g/mol. The summed E-state index contributed by atoms with van der Waals surface area (Å²) in [7, 11) is 0. The Morgan fingerprint density at radius 2 is 1.84 bits per heavy atom. The quantitative estimate of drug-likeness (QED) is 0.429. The minimum atomic E-state index is -0.722. The number of amides is 1. The van der Waals surface area contributed by atoms with E-state index in [1.54, 1.807) is 38.1 Å². The van der Waals surface area contributed by atoms with Gasteiger partial charge in [0.1, 0.15) is 10.5 Å². The number of para-hydroxylation sites is 1. The largest absolute Gasteiger partial charge is 0.462 e. The van der Waals surface area contributed by atoms with Gasteiger partial charge in [0.15, 0.2) is 10.6 Å². The van der Waals surface area contributed by atoms with E-state index in [4.69, 9.17) is 9.15 Å². The zero-order valence-corrected chi connectivity index (χ0v) is 18.1. The maximum Gasteiger partial charge on any atom is 0.350 e. The number of hydrogen-bond acceptors (Lipinski definition) is 7. The summed E-state index contributed by atoms with van der Waals surface area (Å²) in [5.74, 6) is -0.969. The molecule has 0 radical (unpaired) electrons. The molecule has 0 bridgehead atoms. The van der Waals surface area contributed by atoms with Crippen molar-refractivity contribution < 1.29 is 18.7 Å². The molecule has 0 aliphatic carbocycles. The molecule has 2 aromatic heterocycles. The summed E-state index contributed by atoms with van der Waals surface area (Å²) in [6, 6.07) is 15.4. The van der Waals surface area contributed by atoms with Gasteiger partial charge in [0, 0.05) is 0 Å². The SMILES string of the molecule is CCOC(=O)c1sc(N2C(=O)c3oc4ccccc4c(=O)c3C2c2ccccc2)nc1C. The van der Waals surface area contributed by atoms with Crippen molar-refractivity contribution in [2.45, 2.75) is 19.9 Å². The van der Waals surface area contributed by atoms with E-state index in [0.29, 0.717) is 26.7 Å². The number of aromatic nitrogens is 1. The first-order valence-electron chi connectivity index (χ1n) is 10.1. The molecule has 3 heterocycles. The van der Waals surface area contributed by atoms with Crippen molar-refractivity contribution in [2.24, 2.45) is 0 Å². The molecule has 1 unspecified atom stereocenters. The average molecular weight is 446 g/mol. The van der Waals surface area contributed by atoms with Crippen molar-refractivity contribution in [3.05, 3.63) is 92.3 Å². The van der Waals surface area contributed by atoms with Crippen LogP contribution in [0.3, 0.4) is 0 Å². The van der Waals surface area contributed by atoms with Gasteiger partial charge in [0.2, 0.25) is 5.76 Å². The fourth-order valence-electron chi connectivity index (χ4n) is 3.94. The zero-order valence-electron chi connectivity index (χ0n) is 17.3. The fraction of sp³-hybridized carbons (Fsp3) is 0.167. The van der Waals surface area contributed by atoms with Gasteiger partial charge in [-0.2, -0.15) is 0 Å². The van der Waals surface area contributed by atoms with Gasteiger partial charge in [0.05, 0.1) is 29.3 Å². The second-order valence-electron chi connectivity index (χ2n) is 7.29. The first-order valence-corrected chi connectivity index (χ1v) is 10.9. The van der Waals surface area contributed by atoms with Crippen LogP contribution in [0.2, 0.25) is 0 Å². The second kappa shape index (κ2) is 7.72. The maximum atomic E-state index is 13.5. The van der Waals surface area contributed by atoms with Crippen LogP contribution >= 0.6 is 11.3 Å². The van der Waals surface area contributed by atoms with Gasteiger partial charge in [-0.15, -0.1) is 0 Å². The van der Waals surface area contributed by atoms with Crippen LogP contribution in [-0.2, 0) is 4.74 Å². The van der Waals surface area contributed by atoms with Gasteiger partial charge in [-0.3, -0.25) is 14.5 Å². The van der Waals surface area contributed by atoms with E-state index >= 15 is 0 Å². The highest BCUT2D eigenvalue weighted by atomic mass is 32.1. The molecule has 1 aliphatic rings. The maximum absolute atomic E-state index is 13.5. The molecule has 5 rings (SSSR count). The number of carbonyl (C=O) groups excluding carboxylic acids is 2. The zero-order chi connectivity index (χ0) is 22.4. The van der Waals surface area contributed by atoms with E-state index in [2.05, 4.69) is 4.98 Å².